The van der Waals surface area contributed by atoms with Crippen molar-refractivity contribution in [1.29, 1.82) is 0 Å². The fraction of sp³-hybridized carbons (Fsp3) is 0.238. The number of hydrogen-bond donors (Lipinski definition) is 3. The van der Waals surface area contributed by atoms with Gasteiger partial charge in [-0.2, -0.15) is 0 Å². The van der Waals surface area contributed by atoms with Gasteiger partial charge < -0.3 is 10.1 Å². The van der Waals surface area contributed by atoms with Crippen LogP contribution in [-0.4, -0.2) is 31.4 Å². The lowest BCUT2D eigenvalue weighted by Crippen LogP contribution is -2.41. The lowest BCUT2D eigenvalue weighted by Gasteiger charge is -2.23. The molecule has 0 saturated heterocycles. The van der Waals surface area contributed by atoms with Gasteiger partial charge in [-0.15, -0.1) is 0 Å². The van der Waals surface area contributed by atoms with Gasteiger partial charge in [-0.3, -0.25) is 20.6 Å². The van der Waals surface area contributed by atoms with Gasteiger partial charge in [0.1, 0.15) is 11.6 Å². The largest absolute Gasteiger partial charge is 0.492 e. The molecule has 0 aliphatic carbocycles. The van der Waals surface area contributed by atoms with E-state index >= 15 is 0 Å². The fourth-order valence-electron chi connectivity index (χ4n) is 3.31. The molecule has 1 amide bonds. The number of benzene rings is 2. The topological polar surface area (TPSA) is 74.8 Å². The molecule has 6 heteroatoms. The third kappa shape index (κ3) is 3.51. The van der Waals surface area contributed by atoms with Crippen LogP contribution in [0, 0.1) is 0 Å². The van der Waals surface area contributed by atoms with E-state index in [-0.39, 0.29) is 5.91 Å². The Hall–Kier alpha value is -3.28. The van der Waals surface area contributed by atoms with Crippen LogP contribution in [0.4, 0.5) is 0 Å². The Morgan fingerprint density at radius 3 is 2.89 bits per heavy atom. The molecule has 0 radical (unpaired) electrons. The number of carbonyl (C=O) groups is 1. The highest BCUT2D eigenvalue weighted by atomic mass is 16.5. The molecule has 0 spiro atoms. The molecular formula is C21H22N4O2. The Morgan fingerprint density at radius 2 is 2.00 bits per heavy atom. The van der Waals surface area contributed by atoms with Gasteiger partial charge >= 0.3 is 0 Å². The maximum atomic E-state index is 12.4. The normalized spacial score (nSPS) is 16.0. The van der Waals surface area contributed by atoms with Crippen LogP contribution in [0.25, 0.3) is 5.70 Å². The van der Waals surface area contributed by atoms with E-state index in [0.717, 1.165) is 46.8 Å². The van der Waals surface area contributed by atoms with E-state index in [1.807, 2.05) is 36.4 Å². The predicted octanol–water partition coefficient (Wildman–Crippen LogP) is 2.27. The Bertz CT molecular complexity index is 920. The number of amidine groups is 1. The monoisotopic (exact) mass is 362 g/mol. The Balaban J connectivity index is 1.32. The van der Waals surface area contributed by atoms with Crippen LogP contribution in [0.15, 0.2) is 54.0 Å². The van der Waals surface area contributed by atoms with Crippen molar-refractivity contribution >= 4 is 17.4 Å². The molecule has 2 aromatic carbocycles. The van der Waals surface area contributed by atoms with Crippen molar-refractivity contribution in [3.05, 3.63) is 71.3 Å². The average molecular weight is 362 g/mol. The number of carbonyl (C=O) groups excluding carboxylic acids is 1. The quantitative estimate of drug-likeness (QED) is 0.714. The van der Waals surface area contributed by atoms with Gasteiger partial charge in [-0.25, -0.2) is 0 Å². The number of nitrogens with zero attached hydrogens (tertiary/aromatic N) is 1. The average Bonchev–Trinajstić information content (AvgIpc) is 3.18. The molecule has 0 unspecified atom stereocenters. The summed E-state index contributed by atoms with van der Waals surface area (Å²) in [6.45, 7) is 5.79. The number of amides is 1. The van der Waals surface area contributed by atoms with E-state index in [2.05, 4.69) is 27.7 Å². The Kier molecular flexibility index (Phi) is 4.78. The van der Waals surface area contributed by atoms with Crippen molar-refractivity contribution in [1.82, 2.24) is 16.2 Å². The molecule has 4 rings (SSSR count). The molecule has 0 saturated carbocycles. The van der Waals surface area contributed by atoms with Gasteiger partial charge in [0.15, 0.2) is 0 Å². The SMILES string of the molecule is C=C1NNC(=NCCCNC(=O)c2cccc3c2OCC3)c2ccccc21. The van der Waals surface area contributed by atoms with Crippen LogP contribution in [0.2, 0.25) is 0 Å². The van der Waals surface area contributed by atoms with Gasteiger partial charge in [0.2, 0.25) is 0 Å². The summed E-state index contributed by atoms with van der Waals surface area (Å²) in [5.74, 6) is 1.42. The zero-order chi connectivity index (χ0) is 18.6. The molecule has 0 atom stereocenters. The van der Waals surface area contributed by atoms with Crippen molar-refractivity contribution in [3.8, 4) is 5.75 Å². The smallest absolute Gasteiger partial charge is 0.255 e. The van der Waals surface area contributed by atoms with E-state index in [4.69, 9.17) is 4.74 Å². The molecule has 27 heavy (non-hydrogen) atoms. The Morgan fingerprint density at radius 1 is 1.15 bits per heavy atom. The molecule has 138 valence electrons. The number of hydrazine groups is 1. The molecular weight excluding hydrogens is 340 g/mol. The van der Waals surface area contributed by atoms with E-state index < -0.39 is 0 Å². The lowest BCUT2D eigenvalue weighted by atomic mass is 10.0. The number of hydrogen-bond acceptors (Lipinski definition) is 4. The van der Waals surface area contributed by atoms with Gasteiger partial charge in [0.05, 0.1) is 17.9 Å². The van der Waals surface area contributed by atoms with Crippen LogP contribution >= 0.6 is 0 Å². The summed E-state index contributed by atoms with van der Waals surface area (Å²) in [6.07, 6.45) is 1.61. The zero-order valence-corrected chi connectivity index (χ0v) is 15.0. The highest BCUT2D eigenvalue weighted by Crippen LogP contribution is 2.29. The number of fused-ring (bicyclic) bond motifs is 2. The van der Waals surface area contributed by atoms with Crippen LogP contribution in [-0.2, 0) is 6.42 Å². The second-order valence-electron chi connectivity index (χ2n) is 6.51. The Labute approximate surface area is 158 Å². The first-order valence-corrected chi connectivity index (χ1v) is 9.12. The van der Waals surface area contributed by atoms with Gasteiger partial charge in [0.25, 0.3) is 5.91 Å². The molecule has 0 aromatic heterocycles. The first kappa shape index (κ1) is 17.1. The highest BCUT2D eigenvalue weighted by Gasteiger charge is 2.20. The van der Waals surface area contributed by atoms with Crippen molar-refractivity contribution in [2.24, 2.45) is 4.99 Å². The summed E-state index contributed by atoms with van der Waals surface area (Å²) in [6, 6.07) is 13.7. The third-order valence-corrected chi connectivity index (χ3v) is 4.69. The maximum absolute atomic E-state index is 12.4. The number of rotatable bonds is 5. The summed E-state index contributed by atoms with van der Waals surface area (Å²) >= 11 is 0. The van der Waals surface area contributed by atoms with Crippen molar-refractivity contribution < 1.29 is 9.53 Å². The zero-order valence-electron chi connectivity index (χ0n) is 15.0. The first-order chi connectivity index (χ1) is 13.2. The molecule has 0 fully saturated rings. The molecule has 3 N–H and O–H groups in total. The van der Waals surface area contributed by atoms with Crippen molar-refractivity contribution in [2.45, 2.75) is 12.8 Å². The van der Waals surface area contributed by atoms with Crippen LogP contribution in [0.1, 0.15) is 33.5 Å². The van der Waals surface area contributed by atoms with Crippen molar-refractivity contribution in [2.75, 3.05) is 19.7 Å². The maximum Gasteiger partial charge on any atom is 0.255 e. The van der Waals surface area contributed by atoms with Crippen LogP contribution in [0.3, 0.4) is 0 Å². The summed E-state index contributed by atoms with van der Waals surface area (Å²) in [5, 5.41) is 2.95. The summed E-state index contributed by atoms with van der Waals surface area (Å²) in [4.78, 5) is 17.0. The van der Waals surface area contributed by atoms with E-state index in [1.54, 1.807) is 6.07 Å². The lowest BCUT2D eigenvalue weighted by molar-refractivity contribution is 0.0950. The van der Waals surface area contributed by atoms with Gasteiger partial charge in [-0.05, 0) is 18.1 Å². The van der Waals surface area contributed by atoms with E-state index in [0.29, 0.717) is 25.3 Å². The highest BCUT2D eigenvalue weighted by molar-refractivity contribution is 6.04. The second-order valence-corrected chi connectivity index (χ2v) is 6.51. The molecule has 6 nitrogen and oxygen atoms in total. The van der Waals surface area contributed by atoms with Crippen LogP contribution in [0.5, 0.6) is 5.75 Å². The van der Waals surface area contributed by atoms with Gasteiger partial charge in [-0.1, -0.05) is 43.0 Å². The summed E-state index contributed by atoms with van der Waals surface area (Å²) < 4.78 is 5.59. The number of aliphatic imine (C=N–C) groups is 1. The number of nitrogens with one attached hydrogen (secondary N) is 3. The number of ether oxygens (including phenoxy) is 1. The van der Waals surface area contributed by atoms with Crippen molar-refractivity contribution in [3.63, 3.8) is 0 Å². The van der Waals surface area contributed by atoms with Crippen LogP contribution < -0.4 is 20.9 Å². The fourth-order valence-corrected chi connectivity index (χ4v) is 3.31. The minimum Gasteiger partial charge on any atom is -0.492 e. The first-order valence-electron chi connectivity index (χ1n) is 9.12. The van der Waals surface area contributed by atoms with E-state index in [9.17, 15) is 4.79 Å². The van der Waals surface area contributed by atoms with E-state index in [1.165, 1.54) is 0 Å². The minimum atomic E-state index is -0.0968. The summed E-state index contributed by atoms with van der Waals surface area (Å²) in [7, 11) is 0. The van der Waals surface area contributed by atoms with Gasteiger partial charge in [0, 0.05) is 30.6 Å². The third-order valence-electron chi connectivity index (χ3n) is 4.69. The molecule has 2 heterocycles. The number of para-hydroxylation sites is 1. The molecule has 2 aliphatic rings. The molecule has 0 bridgehead atoms. The minimum absolute atomic E-state index is 0.0968. The second kappa shape index (κ2) is 7.53. The predicted molar refractivity (Wildman–Crippen MR) is 106 cm³/mol. The molecule has 2 aliphatic heterocycles. The standard InChI is InChI=1S/C21H22N4O2/c1-14-16-7-2-3-8-17(16)20(25-24-14)22-11-5-12-23-21(26)18-9-4-6-15-10-13-27-19(15)18/h2-4,6-9,24H,1,5,10-13H2,(H,22,25)(H,23,26). The molecule has 2 aromatic rings. The summed E-state index contributed by atoms with van der Waals surface area (Å²) in [5.41, 5.74) is 10.7.